The summed E-state index contributed by atoms with van der Waals surface area (Å²) in [6.45, 7) is 2.38. The topological polar surface area (TPSA) is 63.4 Å². The van der Waals surface area contributed by atoms with E-state index in [1.54, 1.807) is 11.2 Å². The molecule has 1 aliphatic rings. The Morgan fingerprint density at radius 2 is 2.06 bits per heavy atom. The van der Waals surface area contributed by atoms with Crippen molar-refractivity contribution in [1.29, 1.82) is 0 Å². The first-order valence-corrected chi connectivity index (χ1v) is 7.87. The Bertz CT molecular complexity index is 513. The molecule has 1 atom stereocenters. The monoisotopic (exact) mass is 268 g/mol. The van der Waals surface area contributed by atoms with Crippen LogP contribution >= 0.6 is 0 Å². The Kier molecular flexibility index (Phi) is 3.92. The number of sulfonamides is 1. The van der Waals surface area contributed by atoms with E-state index in [9.17, 15) is 8.42 Å². The van der Waals surface area contributed by atoms with Crippen LogP contribution in [0.3, 0.4) is 0 Å². The van der Waals surface area contributed by atoms with Crippen molar-refractivity contribution in [3.8, 4) is 0 Å². The Labute approximate surface area is 109 Å². The van der Waals surface area contributed by atoms with Crippen LogP contribution < -0.4 is 10.0 Å². The minimum atomic E-state index is -3.34. The van der Waals surface area contributed by atoms with Crippen molar-refractivity contribution in [1.82, 2.24) is 0 Å². The first-order chi connectivity index (χ1) is 8.57. The molecule has 1 aromatic carbocycles. The van der Waals surface area contributed by atoms with Gasteiger partial charge in [-0.15, -0.1) is 0 Å². The van der Waals surface area contributed by atoms with E-state index in [0.717, 1.165) is 30.5 Å². The zero-order valence-corrected chi connectivity index (χ0v) is 11.5. The molecule has 0 spiro atoms. The quantitative estimate of drug-likeness (QED) is 0.903. The summed E-state index contributed by atoms with van der Waals surface area (Å²) in [6.07, 6.45) is 2.87. The van der Waals surface area contributed by atoms with Crippen LogP contribution in [0.1, 0.15) is 25.3 Å². The number of hydrogen-bond acceptors (Lipinski definition) is 3. The third-order valence-corrected chi connectivity index (χ3v) is 5.67. The molecule has 0 fully saturated rings. The summed E-state index contributed by atoms with van der Waals surface area (Å²) in [5.74, 6) is 0. The Balaban J connectivity index is 2.45. The number of nitrogens with zero attached hydrogens (tertiary/aromatic N) is 1. The molecule has 0 radical (unpaired) electrons. The van der Waals surface area contributed by atoms with E-state index in [1.165, 1.54) is 0 Å². The molecular weight excluding hydrogens is 248 g/mol. The second kappa shape index (κ2) is 5.28. The SMILES string of the molecule is CC(CN)S(=O)(=O)N1CCCCc2ccccc21. The van der Waals surface area contributed by atoms with Crippen molar-refractivity contribution >= 4 is 15.7 Å². The molecule has 0 amide bonds. The van der Waals surface area contributed by atoms with E-state index in [1.807, 2.05) is 24.3 Å². The van der Waals surface area contributed by atoms with Gasteiger partial charge in [0.25, 0.3) is 0 Å². The number of nitrogens with two attached hydrogens (primary N) is 1. The molecule has 4 nitrogen and oxygen atoms in total. The van der Waals surface area contributed by atoms with Gasteiger partial charge in [0.05, 0.1) is 10.9 Å². The van der Waals surface area contributed by atoms with Gasteiger partial charge in [0, 0.05) is 13.1 Å². The van der Waals surface area contributed by atoms with E-state index >= 15 is 0 Å². The summed E-state index contributed by atoms with van der Waals surface area (Å²) in [7, 11) is -3.34. The standard InChI is InChI=1S/C13H20N2O2S/c1-11(10-14)18(16,17)15-9-5-4-7-12-6-2-3-8-13(12)15/h2-3,6,8,11H,4-5,7,9-10,14H2,1H3. The van der Waals surface area contributed by atoms with Gasteiger partial charge in [-0.05, 0) is 37.8 Å². The Morgan fingerprint density at radius 3 is 2.78 bits per heavy atom. The molecule has 0 aromatic heterocycles. The molecule has 2 rings (SSSR count). The lowest BCUT2D eigenvalue weighted by Gasteiger charge is -2.27. The van der Waals surface area contributed by atoms with Crippen LogP contribution in [0.5, 0.6) is 0 Å². The first-order valence-electron chi connectivity index (χ1n) is 6.37. The van der Waals surface area contributed by atoms with Crippen molar-refractivity contribution in [2.45, 2.75) is 31.4 Å². The van der Waals surface area contributed by atoms with Gasteiger partial charge in [-0.3, -0.25) is 4.31 Å². The molecule has 1 unspecified atom stereocenters. The largest absolute Gasteiger partial charge is 0.329 e. The van der Waals surface area contributed by atoms with Crippen LogP contribution in [0.4, 0.5) is 5.69 Å². The molecule has 0 saturated carbocycles. The third kappa shape index (κ3) is 2.37. The molecule has 5 heteroatoms. The van der Waals surface area contributed by atoms with Gasteiger partial charge in [-0.1, -0.05) is 18.2 Å². The fraction of sp³-hybridized carbons (Fsp3) is 0.538. The van der Waals surface area contributed by atoms with Gasteiger partial charge in [0.2, 0.25) is 10.0 Å². The normalized spacial score (nSPS) is 18.0. The maximum absolute atomic E-state index is 12.5. The predicted molar refractivity (Wildman–Crippen MR) is 74.2 cm³/mol. The third-order valence-electron chi connectivity index (χ3n) is 3.47. The molecule has 2 N–H and O–H groups in total. The molecule has 0 saturated heterocycles. The van der Waals surface area contributed by atoms with E-state index in [0.29, 0.717) is 6.54 Å². The van der Waals surface area contributed by atoms with Gasteiger partial charge in [-0.2, -0.15) is 0 Å². The number of fused-ring (bicyclic) bond motifs is 1. The van der Waals surface area contributed by atoms with Crippen molar-refractivity contribution in [3.63, 3.8) is 0 Å². The zero-order chi connectivity index (χ0) is 13.2. The average Bonchev–Trinajstić information content (AvgIpc) is 2.60. The van der Waals surface area contributed by atoms with Gasteiger partial charge in [0.15, 0.2) is 0 Å². The van der Waals surface area contributed by atoms with Gasteiger partial charge in [-0.25, -0.2) is 8.42 Å². The lowest BCUT2D eigenvalue weighted by Crippen LogP contribution is -2.41. The molecule has 0 aliphatic carbocycles. The zero-order valence-electron chi connectivity index (χ0n) is 10.7. The molecule has 1 aliphatic heterocycles. The number of rotatable bonds is 3. The second-order valence-electron chi connectivity index (χ2n) is 4.75. The second-order valence-corrected chi connectivity index (χ2v) is 7.02. The smallest absolute Gasteiger partial charge is 0.239 e. The number of aryl methyl sites for hydroxylation is 1. The van der Waals surface area contributed by atoms with Crippen LogP contribution in [0.25, 0.3) is 0 Å². The first kappa shape index (κ1) is 13.4. The number of para-hydroxylation sites is 1. The van der Waals surface area contributed by atoms with Crippen LogP contribution in [-0.2, 0) is 16.4 Å². The highest BCUT2D eigenvalue weighted by Gasteiger charge is 2.30. The van der Waals surface area contributed by atoms with Crippen molar-refractivity contribution in [3.05, 3.63) is 29.8 Å². The van der Waals surface area contributed by atoms with E-state index in [-0.39, 0.29) is 6.54 Å². The Hall–Kier alpha value is -1.07. The van der Waals surface area contributed by atoms with Gasteiger partial charge in [0.1, 0.15) is 0 Å². The van der Waals surface area contributed by atoms with E-state index in [2.05, 4.69) is 0 Å². The number of hydrogen-bond donors (Lipinski definition) is 1. The number of benzene rings is 1. The van der Waals surface area contributed by atoms with E-state index < -0.39 is 15.3 Å². The average molecular weight is 268 g/mol. The van der Waals surface area contributed by atoms with Gasteiger partial charge >= 0.3 is 0 Å². The van der Waals surface area contributed by atoms with Crippen molar-refractivity contribution in [2.75, 3.05) is 17.4 Å². The van der Waals surface area contributed by atoms with Gasteiger partial charge < -0.3 is 5.73 Å². The fourth-order valence-electron chi connectivity index (χ4n) is 2.26. The minimum absolute atomic E-state index is 0.154. The summed E-state index contributed by atoms with van der Waals surface area (Å²) in [5, 5.41) is -0.538. The van der Waals surface area contributed by atoms with Crippen LogP contribution in [0, 0.1) is 0 Å². The molecule has 18 heavy (non-hydrogen) atoms. The van der Waals surface area contributed by atoms with Crippen LogP contribution in [0.2, 0.25) is 0 Å². The summed E-state index contributed by atoms with van der Waals surface area (Å²) < 4.78 is 26.5. The van der Waals surface area contributed by atoms with Crippen LogP contribution in [-0.4, -0.2) is 26.8 Å². The highest BCUT2D eigenvalue weighted by atomic mass is 32.2. The highest BCUT2D eigenvalue weighted by molar-refractivity contribution is 7.93. The Morgan fingerprint density at radius 1 is 1.33 bits per heavy atom. The molecular formula is C13H20N2O2S. The summed E-state index contributed by atoms with van der Waals surface area (Å²) in [4.78, 5) is 0. The summed E-state index contributed by atoms with van der Waals surface area (Å²) in [6, 6.07) is 7.75. The predicted octanol–water partition coefficient (Wildman–Crippen LogP) is 1.51. The number of anilines is 1. The van der Waals surface area contributed by atoms with Crippen molar-refractivity contribution < 1.29 is 8.42 Å². The van der Waals surface area contributed by atoms with Crippen molar-refractivity contribution in [2.24, 2.45) is 5.73 Å². The maximum atomic E-state index is 12.5. The maximum Gasteiger partial charge on any atom is 0.239 e. The summed E-state index contributed by atoms with van der Waals surface area (Å²) >= 11 is 0. The highest BCUT2D eigenvalue weighted by Crippen LogP contribution is 2.29. The fourth-order valence-corrected chi connectivity index (χ4v) is 3.77. The van der Waals surface area contributed by atoms with E-state index in [4.69, 9.17) is 5.73 Å². The lowest BCUT2D eigenvalue weighted by molar-refractivity contribution is 0.577. The molecule has 1 aromatic rings. The molecule has 1 heterocycles. The molecule has 100 valence electrons. The minimum Gasteiger partial charge on any atom is -0.329 e. The molecule has 0 bridgehead atoms. The lowest BCUT2D eigenvalue weighted by atomic mass is 10.1. The summed E-state index contributed by atoms with van der Waals surface area (Å²) in [5.41, 5.74) is 7.46. The van der Waals surface area contributed by atoms with Crippen LogP contribution in [0.15, 0.2) is 24.3 Å².